The quantitative estimate of drug-likeness (QED) is 0.536. The molecule has 4 amide bonds. The number of carbonyl (C=O) groups is 4. The molecular weight excluding hydrogens is 244 g/mol. The lowest BCUT2D eigenvalue weighted by molar-refractivity contribution is -0.142. The Balaban J connectivity index is 0.000000180. The number of aliphatic hydroxyl groups is 2. The minimum atomic E-state index is -0.537. The van der Waals surface area contributed by atoms with Gasteiger partial charge in [-0.05, 0) is 0 Å². The monoisotopic (exact) mass is 254 g/mol. The molecule has 2 rings (SSSR count). The lowest BCUT2D eigenvalue weighted by Gasteiger charge is -2.06. The Kier molecular flexibility index (Phi) is 4.46. The summed E-state index contributed by atoms with van der Waals surface area (Å²) in [5.41, 5.74) is 0. The minimum absolute atomic E-state index is 0.456. The molecule has 2 aliphatic rings. The standard InChI is InChI=1S/2C5H5NO3/c2*7-3-6-4(8)1-2-5(6)9/h2*1-2,7H,3H2. The van der Waals surface area contributed by atoms with Crippen LogP contribution in [0.2, 0.25) is 0 Å². The fourth-order valence-corrected chi connectivity index (χ4v) is 1.14. The highest BCUT2D eigenvalue weighted by atomic mass is 16.3. The summed E-state index contributed by atoms with van der Waals surface area (Å²) in [5.74, 6) is -1.82. The van der Waals surface area contributed by atoms with E-state index in [0.29, 0.717) is 0 Å². The summed E-state index contributed by atoms with van der Waals surface area (Å²) in [6, 6.07) is 0. The van der Waals surface area contributed by atoms with Gasteiger partial charge in [0.15, 0.2) is 0 Å². The molecular formula is C10H10N2O6. The van der Waals surface area contributed by atoms with E-state index in [1.54, 1.807) is 0 Å². The van der Waals surface area contributed by atoms with E-state index in [4.69, 9.17) is 10.2 Å². The first kappa shape index (κ1) is 13.7. The number of hydrogen-bond acceptors (Lipinski definition) is 6. The molecule has 0 saturated heterocycles. The molecule has 2 heterocycles. The number of nitrogens with zero attached hydrogens (tertiary/aromatic N) is 2. The number of hydrogen-bond donors (Lipinski definition) is 2. The van der Waals surface area contributed by atoms with Gasteiger partial charge in [-0.1, -0.05) is 0 Å². The van der Waals surface area contributed by atoms with Gasteiger partial charge in [-0.2, -0.15) is 0 Å². The van der Waals surface area contributed by atoms with E-state index < -0.39 is 37.1 Å². The van der Waals surface area contributed by atoms with Crippen LogP contribution in [0.1, 0.15) is 0 Å². The summed E-state index contributed by atoms with van der Waals surface area (Å²) >= 11 is 0. The zero-order chi connectivity index (χ0) is 13.7. The molecule has 0 unspecified atom stereocenters. The largest absolute Gasteiger partial charge is 0.376 e. The summed E-state index contributed by atoms with van der Waals surface area (Å²) in [6.07, 6.45) is 4.49. The van der Waals surface area contributed by atoms with Crippen molar-refractivity contribution in [1.82, 2.24) is 9.80 Å². The lowest BCUT2D eigenvalue weighted by atomic mass is 10.6. The molecule has 96 valence electrons. The number of carbonyl (C=O) groups excluding carboxylic acids is 4. The molecule has 0 spiro atoms. The fraction of sp³-hybridized carbons (Fsp3) is 0.200. The molecule has 0 saturated carbocycles. The molecule has 0 aromatic carbocycles. The summed E-state index contributed by atoms with van der Waals surface area (Å²) in [6.45, 7) is -1.07. The molecule has 2 aliphatic heterocycles. The minimum Gasteiger partial charge on any atom is -0.376 e. The predicted octanol–water partition coefficient (Wildman–Crippen LogP) is -2.28. The zero-order valence-corrected chi connectivity index (χ0v) is 9.15. The van der Waals surface area contributed by atoms with E-state index in [1.165, 1.54) is 0 Å². The van der Waals surface area contributed by atoms with Crippen LogP contribution >= 0.6 is 0 Å². The first-order valence-electron chi connectivity index (χ1n) is 4.80. The third-order valence-corrected chi connectivity index (χ3v) is 2.08. The third kappa shape index (κ3) is 2.87. The van der Waals surface area contributed by atoms with Crippen molar-refractivity contribution in [2.24, 2.45) is 0 Å². The predicted molar refractivity (Wildman–Crippen MR) is 56.2 cm³/mol. The number of rotatable bonds is 2. The smallest absolute Gasteiger partial charge is 0.255 e. The summed E-state index contributed by atoms with van der Waals surface area (Å²) in [5, 5.41) is 16.7. The van der Waals surface area contributed by atoms with Gasteiger partial charge < -0.3 is 10.2 Å². The molecule has 0 aliphatic carbocycles. The Morgan fingerprint density at radius 3 is 1.00 bits per heavy atom. The molecule has 8 nitrogen and oxygen atoms in total. The van der Waals surface area contributed by atoms with Crippen molar-refractivity contribution >= 4 is 23.6 Å². The van der Waals surface area contributed by atoms with E-state index in [1.807, 2.05) is 0 Å². The molecule has 18 heavy (non-hydrogen) atoms. The van der Waals surface area contributed by atoms with Crippen molar-refractivity contribution in [2.75, 3.05) is 13.5 Å². The average Bonchev–Trinajstić information content (AvgIpc) is 2.83. The maximum atomic E-state index is 10.5. The van der Waals surface area contributed by atoms with Gasteiger partial charge in [0.25, 0.3) is 23.6 Å². The second kappa shape index (κ2) is 5.84. The van der Waals surface area contributed by atoms with Gasteiger partial charge in [0.2, 0.25) is 0 Å². The van der Waals surface area contributed by atoms with Crippen molar-refractivity contribution < 1.29 is 29.4 Å². The Morgan fingerprint density at radius 1 is 0.667 bits per heavy atom. The highest BCUT2D eigenvalue weighted by Gasteiger charge is 2.21. The Bertz CT molecular complexity index is 375. The third-order valence-electron chi connectivity index (χ3n) is 2.08. The SMILES string of the molecule is O=C1C=CC(=O)N1CO.O=C1C=CC(=O)N1CO. The van der Waals surface area contributed by atoms with E-state index in [-0.39, 0.29) is 0 Å². The number of aliphatic hydroxyl groups excluding tert-OH is 2. The topological polar surface area (TPSA) is 115 Å². The van der Waals surface area contributed by atoms with E-state index in [0.717, 1.165) is 34.1 Å². The number of imide groups is 2. The molecule has 8 heteroatoms. The van der Waals surface area contributed by atoms with Gasteiger partial charge in [0.1, 0.15) is 13.5 Å². The van der Waals surface area contributed by atoms with Crippen LogP contribution in [0.5, 0.6) is 0 Å². The first-order chi connectivity index (χ1) is 8.51. The van der Waals surface area contributed by atoms with Crippen LogP contribution in [0.4, 0.5) is 0 Å². The van der Waals surface area contributed by atoms with E-state index in [2.05, 4.69) is 0 Å². The van der Waals surface area contributed by atoms with Crippen LogP contribution in [0.3, 0.4) is 0 Å². The Morgan fingerprint density at radius 2 is 0.889 bits per heavy atom. The van der Waals surface area contributed by atoms with Crippen molar-refractivity contribution in [3.05, 3.63) is 24.3 Å². The van der Waals surface area contributed by atoms with E-state index >= 15 is 0 Å². The van der Waals surface area contributed by atoms with Gasteiger partial charge in [0, 0.05) is 24.3 Å². The van der Waals surface area contributed by atoms with Gasteiger partial charge >= 0.3 is 0 Å². The first-order valence-corrected chi connectivity index (χ1v) is 4.80. The maximum Gasteiger partial charge on any atom is 0.255 e. The molecule has 0 aromatic rings. The number of amides is 4. The molecule has 2 N–H and O–H groups in total. The summed E-state index contributed by atoms with van der Waals surface area (Å²) in [4.78, 5) is 43.4. The summed E-state index contributed by atoms with van der Waals surface area (Å²) in [7, 11) is 0. The van der Waals surface area contributed by atoms with Crippen molar-refractivity contribution in [2.45, 2.75) is 0 Å². The van der Waals surface area contributed by atoms with Crippen LogP contribution in [0.15, 0.2) is 24.3 Å². The Labute approximate surface area is 101 Å². The Hall–Kier alpha value is -2.32. The van der Waals surface area contributed by atoms with Gasteiger partial charge in [-0.3, -0.25) is 29.0 Å². The average molecular weight is 254 g/mol. The van der Waals surface area contributed by atoms with Crippen LogP contribution in [-0.4, -0.2) is 57.1 Å². The van der Waals surface area contributed by atoms with Gasteiger partial charge in [-0.15, -0.1) is 0 Å². The van der Waals surface area contributed by atoms with Crippen molar-refractivity contribution in [3.8, 4) is 0 Å². The van der Waals surface area contributed by atoms with Crippen LogP contribution in [0.25, 0.3) is 0 Å². The van der Waals surface area contributed by atoms with E-state index in [9.17, 15) is 19.2 Å². The molecule has 0 bridgehead atoms. The lowest BCUT2D eigenvalue weighted by Crippen LogP contribution is -2.30. The molecule has 0 aromatic heterocycles. The second-order valence-electron chi connectivity index (χ2n) is 3.16. The zero-order valence-electron chi connectivity index (χ0n) is 9.15. The normalized spacial score (nSPS) is 17.7. The van der Waals surface area contributed by atoms with Crippen molar-refractivity contribution in [1.29, 1.82) is 0 Å². The fourth-order valence-electron chi connectivity index (χ4n) is 1.14. The van der Waals surface area contributed by atoms with Crippen LogP contribution < -0.4 is 0 Å². The molecule has 0 atom stereocenters. The van der Waals surface area contributed by atoms with Gasteiger partial charge in [-0.25, -0.2) is 0 Å². The highest BCUT2D eigenvalue weighted by Crippen LogP contribution is 2.00. The van der Waals surface area contributed by atoms with Crippen LogP contribution in [0, 0.1) is 0 Å². The molecule has 0 fully saturated rings. The maximum absolute atomic E-state index is 10.5. The summed E-state index contributed by atoms with van der Waals surface area (Å²) < 4.78 is 0. The molecule has 0 radical (unpaired) electrons. The highest BCUT2D eigenvalue weighted by molar-refractivity contribution is 6.13. The van der Waals surface area contributed by atoms with Crippen LogP contribution in [-0.2, 0) is 19.2 Å². The van der Waals surface area contributed by atoms with Crippen molar-refractivity contribution in [3.63, 3.8) is 0 Å². The van der Waals surface area contributed by atoms with Gasteiger partial charge in [0.05, 0.1) is 0 Å². The second-order valence-corrected chi connectivity index (χ2v) is 3.16.